The van der Waals surface area contributed by atoms with Crippen molar-refractivity contribution >= 4 is 11.8 Å². The lowest BCUT2D eigenvalue weighted by atomic mass is 9.77. The highest BCUT2D eigenvalue weighted by atomic mass is 16.5. The van der Waals surface area contributed by atoms with Gasteiger partial charge in [-0.25, -0.2) is 0 Å². The van der Waals surface area contributed by atoms with Crippen LogP contribution in [0.2, 0.25) is 0 Å². The maximum absolute atomic E-state index is 13.1. The Bertz CT molecular complexity index is 968. The second-order valence-corrected chi connectivity index (χ2v) is 8.06. The first-order valence-corrected chi connectivity index (χ1v) is 10.2. The Morgan fingerprint density at radius 3 is 2.87 bits per heavy atom. The highest BCUT2D eigenvalue weighted by Gasteiger charge is 2.66. The molecule has 1 N–H and O–H groups in total. The number of methoxy groups -OCH3 is 1. The number of nitrogens with zero attached hydrogens (tertiary/aromatic N) is 1. The van der Waals surface area contributed by atoms with E-state index in [1.807, 2.05) is 42.5 Å². The Kier molecular flexibility index (Phi) is 4.62. The van der Waals surface area contributed by atoms with E-state index in [0.29, 0.717) is 26.1 Å². The molecule has 1 aromatic heterocycles. The van der Waals surface area contributed by atoms with Crippen molar-refractivity contribution in [3.05, 3.63) is 66.1 Å². The van der Waals surface area contributed by atoms with Gasteiger partial charge in [0.15, 0.2) is 0 Å². The molecule has 30 heavy (non-hydrogen) atoms. The molecule has 2 saturated heterocycles. The van der Waals surface area contributed by atoms with E-state index in [2.05, 4.69) is 5.32 Å². The third-order valence-corrected chi connectivity index (χ3v) is 6.28. The van der Waals surface area contributed by atoms with Gasteiger partial charge in [-0.3, -0.25) is 9.59 Å². The van der Waals surface area contributed by atoms with E-state index in [1.165, 1.54) is 0 Å². The van der Waals surface area contributed by atoms with E-state index >= 15 is 0 Å². The molecule has 0 aliphatic carbocycles. The Labute approximate surface area is 174 Å². The highest BCUT2D eigenvalue weighted by Crippen LogP contribution is 2.52. The van der Waals surface area contributed by atoms with Crippen molar-refractivity contribution in [3.8, 4) is 5.75 Å². The van der Waals surface area contributed by atoms with Crippen molar-refractivity contribution in [1.82, 2.24) is 10.2 Å². The number of fused-ring (bicyclic) bond motifs is 1. The van der Waals surface area contributed by atoms with Crippen LogP contribution in [0, 0.1) is 11.8 Å². The number of nitrogens with one attached hydrogen (secondary N) is 1. The summed E-state index contributed by atoms with van der Waals surface area (Å²) in [5.74, 6) is 0.367. The Morgan fingerprint density at radius 1 is 1.30 bits per heavy atom. The zero-order valence-electron chi connectivity index (χ0n) is 16.7. The maximum Gasteiger partial charge on any atom is 0.230 e. The van der Waals surface area contributed by atoms with Crippen LogP contribution < -0.4 is 10.1 Å². The Morgan fingerprint density at radius 2 is 2.13 bits per heavy atom. The minimum atomic E-state index is -0.702. The molecule has 3 aliphatic heterocycles. The van der Waals surface area contributed by atoms with E-state index in [-0.39, 0.29) is 17.9 Å². The molecule has 0 radical (unpaired) electrons. The van der Waals surface area contributed by atoms with Crippen LogP contribution in [-0.4, -0.2) is 48.6 Å². The van der Waals surface area contributed by atoms with Crippen LogP contribution >= 0.6 is 0 Å². The van der Waals surface area contributed by atoms with E-state index in [0.717, 1.165) is 17.1 Å². The molecule has 0 unspecified atom stereocenters. The number of furan rings is 1. The molecule has 2 bridgehead atoms. The highest BCUT2D eigenvalue weighted by molar-refractivity contribution is 5.93. The van der Waals surface area contributed by atoms with Crippen molar-refractivity contribution in [2.24, 2.45) is 11.8 Å². The molecule has 156 valence electrons. The van der Waals surface area contributed by atoms with Gasteiger partial charge in [0.2, 0.25) is 11.8 Å². The second kappa shape index (κ2) is 7.32. The molecule has 7 nitrogen and oxygen atoms in total. The Hall–Kier alpha value is -3.06. The molecular formula is C23H24N2O5. The number of hydrogen-bond acceptors (Lipinski definition) is 5. The van der Waals surface area contributed by atoms with Gasteiger partial charge in [-0.05, 0) is 36.2 Å². The van der Waals surface area contributed by atoms with Crippen LogP contribution in [0.5, 0.6) is 5.75 Å². The van der Waals surface area contributed by atoms with Gasteiger partial charge < -0.3 is 24.1 Å². The summed E-state index contributed by atoms with van der Waals surface area (Å²) in [5.41, 5.74) is 0.407. The lowest BCUT2D eigenvalue weighted by Gasteiger charge is -2.23. The van der Waals surface area contributed by atoms with Crippen LogP contribution in [0.4, 0.5) is 0 Å². The molecule has 3 aliphatic rings. The third kappa shape index (κ3) is 3.10. The van der Waals surface area contributed by atoms with E-state index in [9.17, 15) is 9.59 Å². The number of hydrogen-bond donors (Lipinski definition) is 1. The van der Waals surface area contributed by atoms with Crippen LogP contribution in [0.25, 0.3) is 0 Å². The fraction of sp³-hybridized carbons (Fsp3) is 0.391. The van der Waals surface area contributed by atoms with Gasteiger partial charge in [0.1, 0.15) is 17.1 Å². The van der Waals surface area contributed by atoms with Gasteiger partial charge in [0.05, 0.1) is 44.4 Å². The monoisotopic (exact) mass is 408 g/mol. The van der Waals surface area contributed by atoms with Gasteiger partial charge in [-0.15, -0.1) is 0 Å². The summed E-state index contributed by atoms with van der Waals surface area (Å²) in [6, 6.07) is 11.4. The SMILES string of the molecule is COc1ccc(CCNC(=O)[C@H]2[C@H]3C(=O)N(Cc4ccco4)C[C@]34C=C[C@H]2O4)cc1. The van der Waals surface area contributed by atoms with Gasteiger partial charge in [-0.1, -0.05) is 24.3 Å². The molecule has 2 aromatic rings. The number of likely N-dealkylation sites (tertiary alicyclic amines) is 1. The minimum absolute atomic E-state index is 0.0476. The van der Waals surface area contributed by atoms with Crippen LogP contribution in [-0.2, 0) is 27.3 Å². The smallest absolute Gasteiger partial charge is 0.230 e. The van der Waals surface area contributed by atoms with E-state index in [1.54, 1.807) is 24.3 Å². The summed E-state index contributed by atoms with van der Waals surface area (Å²) >= 11 is 0. The molecule has 2 amide bonds. The normalized spacial score (nSPS) is 28.8. The number of carbonyl (C=O) groups excluding carboxylic acids is 2. The van der Waals surface area contributed by atoms with Gasteiger partial charge in [0.25, 0.3) is 0 Å². The van der Waals surface area contributed by atoms with Gasteiger partial charge >= 0.3 is 0 Å². The standard InChI is InChI=1S/C23H24N2O5/c1-28-16-6-4-15(5-7-16)9-11-24-21(26)19-18-8-10-23(30-18)14-25(22(27)20(19)23)13-17-3-2-12-29-17/h2-8,10,12,18-20H,9,11,13-14H2,1H3,(H,24,26)/t18-,19-,20+,23-/m1/s1. The first kappa shape index (κ1) is 18.9. The molecular weight excluding hydrogens is 384 g/mol. The predicted molar refractivity (Wildman–Crippen MR) is 108 cm³/mol. The van der Waals surface area contributed by atoms with E-state index < -0.39 is 17.4 Å². The number of benzene rings is 1. The molecule has 4 heterocycles. The molecule has 0 saturated carbocycles. The molecule has 1 spiro atoms. The number of ether oxygens (including phenoxy) is 2. The number of amides is 2. The van der Waals surface area contributed by atoms with Crippen molar-refractivity contribution in [2.75, 3.05) is 20.2 Å². The molecule has 2 fully saturated rings. The van der Waals surface area contributed by atoms with E-state index in [4.69, 9.17) is 13.9 Å². The van der Waals surface area contributed by atoms with Crippen molar-refractivity contribution in [2.45, 2.75) is 24.7 Å². The summed E-state index contributed by atoms with van der Waals surface area (Å²) in [5, 5.41) is 3.00. The quantitative estimate of drug-likeness (QED) is 0.708. The number of carbonyl (C=O) groups is 2. The average Bonchev–Trinajstić information content (AvgIpc) is 3.52. The Balaban J connectivity index is 1.24. The molecule has 4 atom stereocenters. The maximum atomic E-state index is 13.1. The fourth-order valence-corrected chi connectivity index (χ4v) is 4.84. The second-order valence-electron chi connectivity index (χ2n) is 8.06. The molecule has 7 heteroatoms. The summed E-state index contributed by atoms with van der Waals surface area (Å²) in [6.07, 6.45) is 5.84. The summed E-state index contributed by atoms with van der Waals surface area (Å²) in [7, 11) is 1.63. The largest absolute Gasteiger partial charge is 0.497 e. The average molecular weight is 408 g/mol. The minimum Gasteiger partial charge on any atom is -0.497 e. The lowest BCUT2D eigenvalue weighted by molar-refractivity contribution is -0.138. The zero-order valence-corrected chi connectivity index (χ0v) is 16.7. The molecule has 5 rings (SSSR count). The van der Waals surface area contributed by atoms with Crippen LogP contribution in [0.3, 0.4) is 0 Å². The van der Waals surface area contributed by atoms with Gasteiger partial charge in [0, 0.05) is 6.54 Å². The number of rotatable bonds is 7. The van der Waals surface area contributed by atoms with Crippen LogP contribution in [0.1, 0.15) is 11.3 Å². The van der Waals surface area contributed by atoms with Crippen molar-refractivity contribution < 1.29 is 23.5 Å². The topological polar surface area (TPSA) is 81.0 Å². The summed E-state index contributed by atoms with van der Waals surface area (Å²) in [4.78, 5) is 27.9. The third-order valence-electron chi connectivity index (χ3n) is 6.28. The summed E-state index contributed by atoms with van der Waals surface area (Å²) < 4.78 is 16.7. The summed E-state index contributed by atoms with van der Waals surface area (Å²) in [6.45, 7) is 1.33. The first-order valence-electron chi connectivity index (χ1n) is 10.2. The predicted octanol–water partition coefficient (Wildman–Crippen LogP) is 1.93. The fourth-order valence-electron chi connectivity index (χ4n) is 4.84. The lowest BCUT2D eigenvalue weighted by Crippen LogP contribution is -2.44. The molecule has 1 aromatic carbocycles. The first-order chi connectivity index (χ1) is 14.6. The van der Waals surface area contributed by atoms with Crippen molar-refractivity contribution in [3.63, 3.8) is 0 Å². The zero-order chi connectivity index (χ0) is 20.7. The van der Waals surface area contributed by atoms with Crippen LogP contribution in [0.15, 0.2) is 59.2 Å². The van der Waals surface area contributed by atoms with Gasteiger partial charge in [-0.2, -0.15) is 0 Å². The van der Waals surface area contributed by atoms with Crippen molar-refractivity contribution in [1.29, 1.82) is 0 Å².